The highest BCUT2D eigenvalue weighted by atomic mass is 32.1. The van der Waals surface area contributed by atoms with Crippen LogP contribution in [0.15, 0.2) is 72.1 Å². The molecule has 0 aliphatic carbocycles. The second-order valence-electron chi connectivity index (χ2n) is 8.88. The normalized spacial score (nSPS) is 13.6. The van der Waals surface area contributed by atoms with Crippen LogP contribution in [0.4, 0.5) is 5.69 Å². The van der Waals surface area contributed by atoms with Crippen LogP contribution in [0.25, 0.3) is 21.8 Å². The van der Waals surface area contributed by atoms with Crippen molar-refractivity contribution in [3.63, 3.8) is 0 Å². The SMILES string of the molecule is CCC(C)N1C(=O)c2ccc(C(=O)Nc3ccc(-c4csc(-c5ccccc5C)n4)cc3)cc2C1=O. The lowest BCUT2D eigenvalue weighted by molar-refractivity contribution is 0.0593. The van der Waals surface area contributed by atoms with Crippen LogP contribution >= 0.6 is 11.3 Å². The Morgan fingerprint density at radius 1 is 0.972 bits per heavy atom. The van der Waals surface area contributed by atoms with Gasteiger partial charge in [0.15, 0.2) is 0 Å². The molecule has 0 saturated heterocycles. The van der Waals surface area contributed by atoms with Gasteiger partial charge in [0.05, 0.1) is 16.8 Å². The molecule has 3 aromatic carbocycles. The van der Waals surface area contributed by atoms with E-state index in [1.165, 1.54) is 16.5 Å². The van der Waals surface area contributed by atoms with E-state index < -0.39 is 0 Å². The maximum atomic E-state index is 12.9. The molecule has 1 atom stereocenters. The highest BCUT2D eigenvalue weighted by Crippen LogP contribution is 2.31. The number of hydrogen-bond acceptors (Lipinski definition) is 5. The predicted molar refractivity (Wildman–Crippen MR) is 142 cm³/mol. The second kappa shape index (κ2) is 9.51. The fourth-order valence-electron chi connectivity index (χ4n) is 4.25. The molecule has 1 aliphatic rings. The van der Waals surface area contributed by atoms with Crippen LogP contribution in [0.2, 0.25) is 0 Å². The van der Waals surface area contributed by atoms with Crippen molar-refractivity contribution in [2.45, 2.75) is 33.2 Å². The van der Waals surface area contributed by atoms with E-state index in [2.05, 4.69) is 24.4 Å². The average Bonchev–Trinajstić information content (AvgIpc) is 3.47. The van der Waals surface area contributed by atoms with Gasteiger partial charge in [-0.15, -0.1) is 11.3 Å². The molecule has 0 radical (unpaired) electrons. The third-order valence-corrected chi connectivity index (χ3v) is 7.41. The number of carbonyl (C=O) groups is 3. The number of thiazole rings is 1. The van der Waals surface area contributed by atoms with Gasteiger partial charge in [-0.2, -0.15) is 0 Å². The zero-order valence-electron chi connectivity index (χ0n) is 20.2. The zero-order valence-corrected chi connectivity index (χ0v) is 21.1. The van der Waals surface area contributed by atoms with Crippen molar-refractivity contribution in [3.05, 3.63) is 94.4 Å². The summed E-state index contributed by atoms with van der Waals surface area (Å²) in [7, 11) is 0. The van der Waals surface area contributed by atoms with E-state index in [4.69, 9.17) is 4.98 Å². The first kappa shape index (κ1) is 23.6. The monoisotopic (exact) mass is 495 g/mol. The van der Waals surface area contributed by atoms with Gasteiger partial charge >= 0.3 is 0 Å². The number of benzene rings is 3. The Morgan fingerprint density at radius 2 is 1.69 bits per heavy atom. The molecule has 0 bridgehead atoms. The number of hydrogen-bond donors (Lipinski definition) is 1. The molecular weight excluding hydrogens is 470 g/mol. The standard InChI is InChI=1S/C29H25N3O3S/c1-4-18(3)32-28(34)23-14-11-20(15-24(23)29(32)35)26(33)30-21-12-9-19(10-13-21)25-16-36-27(31-25)22-8-6-5-7-17(22)2/h5-16,18H,4H2,1-3H3,(H,30,33). The van der Waals surface area contributed by atoms with Crippen molar-refractivity contribution in [2.75, 3.05) is 5.32 Å². The summed E-state index contributed by atoms with van der Waals surface area (Å²) in [5.41, 5.74) is 5.71. The molecule has 1 aromatic heterocycles. The predicted octanol–water partition coefficient (Wildman–Crippen LogP) is 6.43. The Hall–Kier alpha value is -4.10. The first-order valence-electron chi connectivity index (χ1n) is 11.8. The Bertz CT molecular complexity index is 1490. The Balaban J connectivity index is 1.31. The summed E-state index contributed by atoms with van der Waals surface area (Å²) in [6, 6.07) is 20.1. The molecular formula is C29H25N3O3S. The Kier molecular flexibility index (Phi) is 6.24. The fourth-order valence-corrected chi connectivity index (χ4v) is 5.17. The molecule has 36 heavy (non-hydrogen) atoms. The minimum absolute atomic E-state index is 0.196. The van der Waals surface area contributed by atoms with Crippen LogP contribution in [0.1, 0.15) is 56.9 Å². The number of carbonyl (C=O) groups excluding carboxylic acids is 3. The molecule has 4 aromatic rings. The summed E-state index contributed by atoms with van der Waals surface area (Å²) in [5, 5.41) is 5.87. The van der Waals surface area contributed by atoms with Crippen molar-refractivity contribution in [1.82, 2.24) is 9.88 Å². The topological polar surface area (TPSA) is 79.4 Å². The molecule has 0 spiro atoms. The number of nitrogens with one attached hydrogen (secondary N) is 1. The van der Waals surface area contributed by atoms with Crippen LogP contribution in [-0.4, -0.2) is 33.6 Å². The van der Waals surface area contributed by atoms with Gasteiger partial charge in [0.1, 0.15) is 5.01 Å². The first-order valence-corrected chi connectivity index (χ1v) is 12.7. The molecule has 2 heterocycles. The van der Waals surface area contributed by atoms with Crippen LogP contribution in [-0.2, 0) is 0 Å². The number of rotatable bonds is 6. The van der Waals surface area contributed by atoms with Gasteiger partial charge < -0.3 is 5.32 Å². The van der Waals surface area contributed by atoms with Crippen molar-refractivity contribution in [1.29, 1.82) is 0 Å². The third kappa shape index (κ3) is 4.22. The van der Waals surface area contributed by atoms with Crippen molar-refractivity contribution in [3.8, 4) is 21.8 Å². The Morgan fingerprint density at radius 3 is 2.42 bits per heavy atom. The van der Waals surface area contributed by atoms with E-state index in [1.54, 1.807) is 23.5 Å². The maximum Gasteiger partial charge on any atom is 0.261 e. The summed E-state index contributed by atoms with van der Waals surface area (Å²) in [5.74, 6) is -1.00. The fraction of sp³-hybridized carbons (Fsp3) is 0.172. The summed E-state index contributed by atoms with van der Waals surface area (Å²) in [6.45, 7) is 5.84. The molecule has 0 saturated carbocycles. The number of imide groups is 1. The zero-order chi connectivity index (χ0) is 25.4. The third-order valence-electron chi connectivity index (χ3n) is 6.53. The van der Waals surface area contributed by atoms with Gasteiger partial charge in [0.25, 0.3) is 17.7 Å². The molecule has 3 amide bonds. The van der Waals surface area contributed by atoms with E-state index in [-0.39, 0.29) is 29.3 Å². The number of aromatic nitrogens is 1. The molecule has 180 valence electrons. The van der Waals surface area contributed by atoms with Gasteiger partial charge in [-0.05, 0) is 56.2 Å². The van der Waals surface area contributed by atoms with Crippen LogP contribution in [0.5, 0.6) is 0 Å². The molecule has 1 unspecified atom stereocenters. The highest BCUT2D eigenvalue weighted by molar-refractivity contribution is 7.13. The lowest BCUT2D eigenvalue weighted by atomic mass is 10.1. The molecule has 7 heteroatoms. The van der Waals surface area contributed by atoms with E-state index in [9.17, 15) is 14.4 Å². The minimum Gasteiger partial charge on any atom is -0.322 e. The number of anilines is 1. The Labute approximate surface area is 213 Å². The molecule has 5 rings (SSSR count). The van der Waals surface area contributed by atoms with Gasteiger partial charge in [0, 0.05) is 33.8 Å². The summed E-state index contributed by atoms with van der Waals surface area (Å²) >= 11 is 1.60. The smallest absolute Gasteiger partial charge is 0.261 e. The van der Waals surface area contributed by atoms with Crippen molar-refractivity contribution in [2.24, 2.45) is 0 Å². The van der Waals surface area contributed by atoms with E-state index in [0.29, 0.717) is 23.2 Å². The average molecular weight is 496 g/mol. The van der Waals surface area contributed by atoms with Crippen LogP contribution < -0.4 is 5.32 Å². The largest absolute Gasteiger partial charge is 0.322 e. The molecule has 1 N–H and O–H groups in total. The number of nitrogens with zero attached hydrogens (tertiary/aromatic N) is 2. The van der Waals surface area contributed by atoms with E-state index >= 15 is 0 Å². The van der Waals surface area contributed by atoms with Crippen LogP contribution in [0, 0.1) is 6.92 Å². The minimum atomic E-state index is -0.350. The second-order valence-corrected chi connectivity index (χ2v) is 9.74. The van der Waals surface area contributed by atoms with E-state index in [1.807, 2.05) is 55.6 Å². The van der Waals surface area contributed by atoms with Crippen LogP contribution in [0.3, 0.4) is 0 Å². The lowest BCUT2D eigenvalue weighted by Gasteiger charge is -2.20. The number of amides is 3. The molecule has 1 aliphatic heterocycles. The van der Waals surface area contributed by atoms with Gasteiger partial charge in [-0.1, -0.05) is 43.3 Å². The number of fused-ring (bicyclic) bond motifs is 1. The quantitative estimate of drug-likeness (QED) is 0.313. The summed E-state index contributed by atoms with van der Waals surface area (Å²) in [6.07, 6.45) is 0.670. The first-order chi connectivity index (χ1) is 17.4. The number of aryl methyl sites for hydroxylation is 1. The highest BCUT2D eigenvalue weighted by Gasteiger charge is 2.38. The maximum absolute atomic E-state index is 12.9. The van der Waals surface area contributed by atoms with Crippen molar-refractivity contribution < 1.29 is 14.4 Å². The van der Waals surface area contributed by atoms with Gasteiger partial charge in [-0.3, -0.25) is 19.3 Å². The molecule has 0 fully saturated rings. The van der Waals surface area contributed by atoms with E-state index in [0.717, 1.165) is 21.8 Å². The van der Waals surface area contributed by atoms with Crippen molar-refractivity contribution >= 4 is 34.7 Å². The summed E-state index contributed by atoms with van der Waals surface area (Å²) in [4.78, 5) is 44.4. The molecule has 6 nitrogen and oxygen atoms in total. The van der Waals surface area contributed by atoms with Gasteiger partial charge in [-0.25, -0.2) is 4.98 Å². The van der Waals surface area contributed by atoms with Gasteiger partial charge in [0.2, 0.25) is 0 Å². The summed E-state index contributed by atoms with van der Waals surface area (Å²) < 4.78 is 0. The lowest BCUT2D eigenvalue weighted by Crippen LogP contribution is -2.37.